The molecule has 0 heterocycles. The Morgan fingerprint density at radius 2 is 1.47 bits per heavy atom. The lowest BCUT2D eigenvalue weighted by atomic mass is 10.1. The van der Waals surface area contributed by atoms with Gasteiger partial charge in [0.25, 0.3) is 0 Å². The lowest BCUT2D eigenvalue weighted by molar-refractivity contribution is -0.119. The van der Waals surface area contributed by atoms with E-state index in [4.69, 9.17) is 17.0 Å². The zero-order valence-electron chi connectivity index (χ0n) is 20.8. The smallest absolute Gasteiger partial charge is 0.226 e. The fraction of sp³-hybridized carbons (Fsp3) is 0.517. The number of carbonyl (C=O) groups is 1. The van der Waals surface area contributed by atoms with Crippen LogP contribution < -0.4 is 15.4 Å². The second-order valence-corrected chi connectivity index (χ2v) is 9.31. The van der Waals surface area contributed by atoms with Crippen molar-refractivity contribution in [2.75, 3.05) is 11.9 Å². The number of benzene rings is 2. The van der Waals surface area contributed by atoms with Crippen molar-refractivity contribution in [2.24, 2.45) is 0 Å². The van der Waals surface area contributed by atoms with E-state index in [-0.39, 0.29) is 5.91 Å². The van der Waals surface area contributed by atoms with Crippen molar-refractivity contribution < 1.29 is 9.53 Å². The standard InChI is InChI=1S/C29H42N2O2S/c1-2-3-4-5-6-7-8-9-10-11-15-21-28(32)31-29(34)30-26-19-16-20-27(24-26)33-23-22-25-17-13-12-14-18-25/h12-14,16-20,24H,2-11,15,21-23H2,1H3,(H2,30,31,32,34). The lowest BCUT2D eigenvalue weighted by Gasteiger charge is -2.11. The Balaban J connectivity index is 1.53. The molecule has 0 saturated carbocycles. The van der Waals surface area contributed by atoms with Gasteiger partial charge in [0.2, 0.25) is 5.91 Å². The van der Waals surface area contributed by atoms with Gasteiger partial charge in [-0.3, -0.25) is 4.79 Å². The van der Waals surface area contributed by atoms with E-state index in [0.29, 0.717) is 18.1 Å². The van der Waals surface area contributed by atoms with Gasteiger partial charge in [0.05, 0.1) is 6.61 Å². The predicted molar refractivity (Wildman–Crippen MR) is 148 cm³/mol. The normalized spacial score (nSPS) is 10.6. The molecule has 5 heteroatoms. The van der Waals surface area contributed by atoms with Crippen molar-refractivity contribution in [3.63, 3.8) is 0 Å². The maximum absolute atomic E-state index is 12.2. The minimum atomic E-state index is -0.0244. The summed E-state index contributed by atoms with van der Waals surface area (Å²) in [5.74, 6) is 0.750. The van der Waals surface area contributed by atoms with Gasteiger partial charge in [-0.05, 0) is 36.3 Å². The van der Waals surface area contributed by atoms with Crippen molar-refractivity contribution in [3.8, 4) is 5.75 Å². The molecule has 0 aliphatic rings. The highest BCUT2D eigenvalue weighted by Crippen LogP contribution is 2.18. The molecule has 0 aliphatic carbocycles. The maximum atomic E-state index is 12.2. The first-order valence-electron chi connectivity index (χ1n) is 13.0. The van der Waals surface area contributed by atoms with Gasteiger partial charge in [-0.25, -0.2) is 0 Å². The molecule has 2 aromatic carbocycles. The number of anilines is 1. The predicted octanol–water partition coefficient (Wildman–Crippen LogP) is 7.82. The number of hydrogen-bond donors (Lipinski definition) is 2. The Morgan fingerprint density at radius 1 is 0.824 bits per heavy atom. The van der Waals surface area contributed by atoms with Crippen LogP contribution in [0.4, 0.5) is 5.69 Å². The van der Waals surface area contributed by atoms with Crippen molar-refractivity contribution in [1.29, 1.82) is 0 Å². The van der Waals surface area contributed by atoms with E-state index in [1.807, 2.05) is 42.5 Å². The number of amides is 1. The summed E-state index contributed by atoms with van der Waals surface area (Å²) in [6, 6.07) is 17.9. The monoisotopic (exact) mass is 482 g/mol. The SMILES string of the molecule is CCCCCCCCCCCCCC(=O)NC(=S)Nc1cccc(OCCc2ccccc2)c1. The van der Waals surface area contributed by atoms with Gasteiger partial charge in [-0.1, -0.05) is 108 Å². The van der Waals surface area contributed by atoms with Gasteiger partial charge in [-0.2, -0.15) is 0 Å². The molecule has 0 saturated heterocycles. The maximum Gasteiger partial charge on any atom is 0.226 e. The van der Waals surface area contributed by atoms with Gasteiger partial charge < -0.3 is 15.4 Å². The molecular formula is C29H42N2O2S. The van der Waals surface area contributed by atoms with E-state index >= 15 is 0 Å². The summed E-state index contributed by atoms with van der Waals surface area (Å²) in [5, 5.41) is 6.20. The lowest BCUT2D eigenvalue weighted by Crippen LogP contribution is -2.33. The second-order valence-electron chi connectivity index (χ2n) is 8.90. The summed E-state index contributed by atoms with van der Waals surface area (Å²) < 4.78 is 5.87. The van der Waals surface area contributed by atoms with Crippen LogP contribution in [0, 0.1) is 0 Å². The van der Waals surface area contributed by atoms with Crippen molar-refractivity contribution in [2.45, 2.75) is 90.4 Å². The number of thiocarbonyl (C=S) groups is 1. The Morgan fingerprint density at radius 3 is 2.15 bits per heavy atom. The Kier molecular flexibility index (Phi) is 14.7. The van der Waals surface area contributed by atoms with Crippen LogP contribution in [0.1, 0.15) is 89.5 Å². The molecule has 0 radical (unpaired) electrons. The molecule has 186 valence electrons. The topological polar surface area (TPSA) is 50.4 Å². The van der Waals surface area contributed by atoms with Gasteiger partial charge in [0.15, 0.2) is 5.11 Å². The van der Waals surface area contributed by atoms with Gasteiger partial charge in [-0.15, -0.1) is 0 Å². The molecule has 34 heavy (non-hydrogen) atoms. The van der Waals surface area contributed by atoms with E-state index in [9.17, 15) is 4.79 Å². The quantitative estimate of drug-likeness (QED) is 0.178. The molecule has 2 N–H and O–H groups in total. The summed E-state index contributed by atoms with van der Waals surface area (Å²) in [6.07, 6.45) is 15.4. The van der Waals surface area contributed by atoms with E-state index in [0.717, 1.165) is 30.7 Å². The van der Waals surface area contributed by atoms with Crippen LogP contribution in [0.15, 0.2) is 54.6 Å². The van der Waals surface area contributed by atoms with Crippen molar-refractivity contribution >= 4 is 28.9 Å². The molecule has 0 atom stereocenters. The van der Waals surface area contributed by atoms with Crippen LogP contribution in [0.3, 0.4) is 0 Å². The Labute approximate surface area is 211 Å². The van der Waals surface area contributed by atoms with Crippen LogP contribution in [0.2, 0.25) is 0 Å². The summed E-state index contributed by atoms with van der Waals surface area (Å²) >= 11 is 5.31. The molecule has 2 aromatic rings. The molecule has 0 fully saturated rings. The zero-order valence-corrected chi connectivity index (χ0v) is 21.6. The average Bonchev–Trinajstić information content (AvgIpc) is 2.83. The fourth-order valence-corrected chi connectivity index (χ4v) is 4.13. The van der Waals surface area contributed by atoms with Crippen LogP contribution in [-0.4, -0.2) is 17.6 Å². The molecule has 0 spiro atoms. The third kappa shape index (κ3) is 13.3. The first-order valence-corrected chi connectivity index (χ1v) is 13.5. The number of nitrogens with one attached hydrogen (secondary N) is 2. The molecule has 0 unspecified atom stereocenters. The number of carbonyl (C=O) groups excluding carboxylic acids is 1. The van der Waals surface area contributed by atoms with Crippen LogP contribution in [0.5, 0.6) is 5.75 Å². The highest BCUT2D eigenvalue weighted by Gasteiger charge is 2.06. The fourth-order valence-electron chi connectivity index (χ4n) is 3.90. The van der Waals surface area contributed by atoms with Gasteiger partial charge in [0.1, 0.15) is 5.75 Å². The van der Waals surface area contributed by atoms with E-state index in [2.05, 4.69) is 29.7 Å². The van der Waals surface area contributed by atoms with Crippen LogP contribution >= 0.6 is 12.2 Å². The number of ether oxygens (including phenoxy) is 1. The molecule has 0 aromatic heterocycles. The first-order chi connectivity index (χ1) is 16.7. The minimum absolute atomic E-state index is 0.0244. The average molecular weight is 483 g/mol. The Bertz CT molecular complexity index is 826. The molecule has 0 aliphatic heterocycles. The summed E-state index contributed by atoms with van der Waals surface area (Å²) in [7, 11) is 0. The number of rotatable bonds is 17. The van der Waals surface area contributed by atoms with Crippen molar-refractivity contribution in [3.05, 3.63) is 60.2 Å². The largest absolute Gasteiger partial charge is 0.493 e. The van der Waals surface area contributed by atoms with E-state index in [1.54, 1.807) is 0 Å². The van der Waals surface area contributed by atoms with Crippen LogP contribution in [0.25, 0.3) is 0 Å². The van der Waals surface area contributed by atoms with Gasteiger partial charge >= 0.3 is 0 Å². The highest BCUT2D eigenvalue weighted by atomic mass is 32.1. The summed E-state index contributed by atoms with van der Waals surface area (Å²) in [5.41, 5.74) is 2.05. The molecule has 4 nitrogen and oxygen atoms in total. The molecule has 1 amide bonds. The minimum Gasteiger partial charge on any atom is -0.493 e. The Hall–Kier alpha value is -2.40. The van der Waals surface area contributed by atoms with E-state index in [1.165, 1.54) is 63.4 Å². The summed E-state index contributed by atoms with van der Waals surface area (Å²) in [4.78, 5) is 12.2. The van der Waals surface area contributed by atoms with Gasteiger partial charge in [0, 0.05) is 24.6 Å². The molecule has 2 rings (SSSR count). The van der Waals surface area contributed by atoms with Crippen molar-refractivity contribution in [1.82, 2.24) is 5.32 Å². The third-order valence-corrected chi connectivity index (χ3v) is 6.06. The molecular weight excluding hydrogens is 440 g/mol. The zero-order chi connectivity index (χ0) is 24.3. The molecule has 0 bridgehead atoms. The second kappa shape index (κ2) is 18.0. The number of hydrogen-bond acceptors (Lipinski definition) is 3. The first kappa shape index (κ1) is 27.8. The summed E-state index contributed by atoms with van der Waals surface area (Å²) in [6.45, 7) is 2.86. The highest BCUT2D eigenvalue weighted by molar-refractivity contribution is 7.80. The van der Waals surface area contributed by atoms with E-state index < -0.39 is 0 Å². The van der Waals surface area contributed by atoms with Crippen LogP contribution in [-0.2, 0) is 11.2 Å². The number of unbranched alkanes of at least 4 members (excludes halogenated alkanes) is 10. The third-order valence-electron chi connectivity index (χ3n) is 5.85.